The molecule has 184 valence electrons. The van der Waals surface area contributed by atoms with Gasteiger partial charge in [0.1, 0.15) is 0 Å². The topological polar surface area (TPSA) is 122 Å². The van der Waals surface area contributed by atoms with Crippen LogP contribution in [0.2, 0.25) is 0 Å². The van der Waals surface area contributed by atoms with Gasteiger partial charge in [0, 0.05) is 44.4 Å². The molecule has 2 aromatic heterocycles. The zero-order valence-electron chi connectivity index (χ0n) is 20.4. The van der Waals surface area contributed by atoms with E-state index in [0.29, 0.717) is 61.4 Å². The minimum absolute atomic E-state index is 0.0119. The molecule has 1 aliphatic heterocycles. The summed E-state index contributed by atoms with van der Waals surface area (Å²) in [6.45, 7) is 7.97. The van der Waals surface area contributed by atoms with E-state index in [1.807, 2.05) is 31.2 Å². The van der Waals surface area contributed by atoms with E-state index < -0.39 is 5.97 Å². The fraction of sp³-hybridized carbons (Fsp3) is 0.400. The summed E-state index contributed by atoms with van der Waals surface area (Å²) in [7, 11) is 1.28. The van der Waals surface area contributed by atoms with Gasteiger partial charge in [-0.05, 0) is 25.0 Å². The number of ether oxygens (including phenoxy) is 1. The minimum Gasteiger partial charge on any atom is -0.465 e. The molecule has 1 aliphatic rings. The van der Waals surface area contributed by atoms with E-state index in [0.717, 1.165) is 11.1 Å². The molecule has 1 N–H and O–H groups in total. The molecule has 1 amide bonds. The molecule has 0 aliphatic carbocycles. The van der Waals surface area contributed by atoms with Gasteiger partial charge < -0.3 is 19.1 Å². The lowest BCUT2D eigenvalue weighted by Crippen LogP contribution is -2.48. The van der Waals surface area contributed by atoms with Crippen LogP contribution in [-0.4, -0.2) is 75.9 Å². The van der Waals surface area contributed by atoms with E-state index in [2.05, 4.69) is 20.0 Å². The van der Waals surface area contributed by atoms with Crippen LogP contribution in [0.25, 0.3) is 11.4 Å². The van der Waals surface area contributed by atoms with Crippen molar-refractivity contribution in [1.29, 1.82) is 0 Å². The molecule has 1 fully saturated rings. The molecule has 3 heterocycles. The second-order valence-corrected chi connectivity index (χ2v) is 8.69. The number of carbonyl (C=O) groups is 3. The highest BCUT2D eigenvalue weighted by Gasteiger charge is 2.28. The first kappa shape index (κ1) is 24.3. The van der Waals surface area contributed by atoms with Crippen molar-refractivity contribution >= 4 is 17.7 Å². The Morgan fingerprint density at radius 1 is 1.11 bits per heavy atom. The van der Waals surface area contributed by atoms with Crippen LogP contribution in [0.1, 0.15) is 50.5 Å². The number of aryl methyl sites for hydroxylation is 1. The maximum atomic E-state index is 13.0. The Bertz CT molecular complexity index is 1250. The summed E-state index contributed by atoms with van der Waals surface area (Å²) in [6.07, 6.45) is -0.0119. The van der Waals surface area contributed by atoms with Crippen LogP contribution in [0.4, 0.5) is 0 Å². The molecule has 10 heteroatoms. The molecule has 3 aromatic rings. The Balaban J connectivity index is 1.36. The third-order valence-corrected chi connectivity index (χ3v) is 6.34. The Morgan fingerprint density at radius 3 is 2.49 bits per heavy atom. The Labute approximate surface area is 203 Å². The fourth-order valence-corrected chi connectivity index (χ4v) is 4.38. The molecule has 1 saturated heterocycles. The van der Waals surface area contributed by atoms with Crippen molar-refractivity contribution in [3.8, 4) is 11.4 Å². The molecular weight excluding hydrogens is 450 g/mol. The van der Waals surface area contributed by atoms with Crippen LogP contribution in [-0.2, 0) is 22.5 Å². The summed E-state index contributed by atoms with van der Waals surface area (Å²) < 4.78 is 10.3. The van der Waals surface area contributed by atoms with Gasteiger partial charge in [-0.2, -0.15) is 4.98 Å². The standard InChI is InChI=1S/C25H29N5O5/c1-15-7-5-6-8-18(15)24-27-20(35-28-24)14-29-9-11-30(12-10-29)21(32)13-19-22(25(33)34-4)16(2)23(26-19)17(3)31/h5-8,26H,9-14H2,1-4H3. The van der Waals surface area contributed by atoms with Gasteiger partial charge in [-0.1, -0.05) is 29.4 Å². The van der Waals surface area contributed by atoms with E-state index in [-0.39, 0.29) is 23.7 Å². The monoisotopic (exact) mass is 479 g/mol. The van der Waals surface area contributed by atoms with Crippen LogP contribution in [0.15, 0.2) is 28.8 Å². The second kappa shape index (κ2) is 10.2. The molecule has 0 bridgehead atoms. The highest BCUT2D eigenvalue weighted by Crippen LogP contribution is 2.22. The predicted octanol–water partition coefficient (Wildman–Crippen LogP) is 2.56. The van der Waals surface area contributed by atoms with Gasteiger partial charge in [-0.3, -0.25) is 14.5 Å². The van der Waals surface area contributed by atoms with Gasteiger partial charge in [0.05, 0.1) is 31.3 Å². The lowest BCUT2D eigenvalue weighted by Gasteiger charge is -2.34. The van der Waals surface area contributed by atoms with Crippen molar-refractivity contribution < 1.29 is 23.6 Å². The first-order valence-corrected chi connectivity index (χ1v) is 11.5. The maximum absolute atomic E-state index is 13.0. The van der Waals surface area contributed by atoms with Crippen LogP contribution in [0.5, 0.6) is 0 Å². The number of esters is 1. The SMILES string of the molecule is COC(=O)c1c(CC(=O)N2CCN(Cc3nc(-c4ccccc4C)no3)CC2)[nH]c(C(C)=O)c1C. The molecule has 0 atom stereocenters. The fourth-order valence-electron chi connectivity index (χ4n) is 4.38. The van der Waals surface area contributed by atoms with Crippen LogP contribution in [0.3, 0.4) is 0 Å². The number of nitrogens with zero attached hydrogens (tertiary/aromatic N) is 4. The smallest absolute Gasteiger partial charge is 0.339 e. The number of carbonyl (C=O) groups excluding carboxylic acids is 3. The number of piperazine rings is 1. The van der Waals surface area contributed by atoms with Crippen molar-refractivity contribution in [2.24, 2.45) is 0 Å². The van der Waals surface area contributed by atoms with E-state index in [1.54, 1.807) is 11.8 Å². The van der Waals surface area contributed by atoms with Gasteiger partial charge in [0.15, 0.2) is 5.78 Å². The summed E-state index contributed by atoms with van der Waals surface area (Å²) in [6, 6.07) is 7.88. The summed E-state index contributed by atoms with van der Waals surface area (Å²) in [4.78, 5) is 48.6. The molecule has 0 radical (unpaired) electrons. The minimum atomic E-state index is -0.566. The summed E-state index contributed by atoms with van der Waals surface area (Å²) in [5.74, 6) is 0.213. The Kier molecular flexibility index (Phi) is 7.11. The van der Waals surface area contributed by atoms with Gasteiger partial charge in [-0.15, -0.1) is 0 Å². The summed E-state index contributed by atoms with van der Waals surface area (Å²) >= 11 is 0. The Hall–Kier alpha value is -3.79. The highest BCUT2D eigenvalue weighted by molar-refractivity contribution is 6.01. The molecule has 0 unspecified atom stereocenters. The number of rotatable bonds is 7. The Morgan fingerprint density at radius 2 is 1.83 bits per heavy atom. The first-order valence-electron chi connectivity index (χ1n) is 11.5. The summed E-state index contributed by atoms with van der Waals surface area (Å²) in [5.41, 5.74) is 3.50. The van der Waals surface area contributed by atoms with Crippen molar-refractivity contribution in [2.45, 2.75) is 33.7 Å². The van der Waals surface area contributed by atoms with E-state index in [1.165, 1.54) is 14.0 Å². The van der Waals surface area contributed by atoms with Crippen LogP contribution in [0, 0.1) is 13.8 Å². The molecule has 0 saturated carbocycles. The van der Waals surface area contributed by atoms with Gasteiger partial charge in [0.25, 0.3) is 0 Å². The predicted molar refractivity (Wildman–Crippen MR) is 127 cm³/mol. The highest BCUT2D eigenvalue weighted by atomic mass is 16.5. The van der Waals surface area contributed by atoms with Crippen molar-refractivity contribution in [3.63, 3.8) is 0 Å². The van der Waals surface area contributed by atoms with E-state index in [4.69, 9.17) is 9.26 Å². The van der Waals surface area contributed by atoms with Crippen LogP contribution < -0.4 is 0 Å². The number of aromatic nitrogens is 3. The number of H-pyrrole nitrogens is 1. The largest absolute Gasteiger partial charge is 0.465 e. The first-order chi connectivity index (χ1) is 16.8. The molecule has 4 rings (SSSR count). The van der Waals surface area contributed by atoms with Gasteiger partial charge >= 0.3 is 5.97 Å². The quantitative estimate of drug-likeness (QED) is 0.405. The normalized spacial score (nSPS) is 14.2. The number of hydrogen-bond acceptors (Lipinski definition) is 8. The number of hydrogen-bond donors (Lipinski definition) is 1. The molecule has 1 aromatic carbocycles. The molecule has 35 heavy (non-hydrogen) atoms. The maximum Gasteiger partial charge on any atom is 0.339 e. The number of nitrogens with one attached hydrogen (secondary N) is 1. The zero-order valence-corrected chi connectivity index (χ0v) is 20.4. The van der Waals surface area contributed by atoms with Crippen molar-refractivity contribution in [2.75, 3.05) is 33.3 Å². The van der Waals surface area contributed by atoms with E-state index >= 15 is 0 Å². The number of ketones is 1. The van der Waals surface area contributed by atoms with Gasteiger partial charge in [-0.25, -0.2) is 4.79 Å². The number of methoxy groups -OCH3 is 1. The summed E-state index contributed by atoms with van der Waals surface area (Å²) in [5, 5.41) is 4.11. The third kappa shape index (κ3) is 5.17. The van der Waals surface area contributed by atoms with Crippen molar-refractivity contribution in [1.82, 2.24) is 24.9 Å². The second-order valence-electron chi connectivity index (χ2n) is 8.69. The third-order valence-electron chi connectivity index (χ3n) is 6.34. The number of amides is 1. The van der Waals surface area contributed by atoms with Crippen molar-refractivity contribution in [3.05, 3.63) is 58.2 Å². The number of benzene rings is 1. The molecule has 0 spiro atoms. The lowest BCUT2D eigenvalue weighted by molar-refractivity contribution is -0.132. The zero-order chi connectivity index (χ0) is 25.1. The number of Topliss-reactive ketones (excluding diaryl/α,β-unsaturated/α-hetero) is 1. The lowest BCUT2D eigenvalue weighted by atomic mass is 10.1. The number of aromatic amines is 1. The molecule has 10 nitrogen and oxygen atoms in total. The van der Waals surface area contributed by atoms with Crippen LogP contribution >= 0.6 is 0 Å². The average molecular weight is 480 g/mol. The average Bonchev–Trinajstić information content (AvgIpc) is 3.43. The van der Waals surface area contributed by atoms with E-state index in [9.17, 15) is 14.4 Å². The molecular formula is C25H29N5O5. The van der Waals surface area contributed by atoms with Gasteiger partial charge in [0.2, 0.25) is 17.6 Å².